The fourth-order valence-electron chi connectivity index (χ4n) is 3.50. The van der Waals surface area contributed by atoms with Crippen molar-refractivity contribution in [3.8, 4) is 0 Å². The molecule has 0 aliphatic carbocycles. The van der Waals surface area contributed by atoms with Gasteiger partial charge in [-0.3, -0.25) is 0 Å². The van der Waals surface area contributed by atoms with Crippen molar-refractivity contribution in [2.45, 2.75) is 122 Å². The zero-order valence-corrected chi connectivity index (χ0v) is 26.3. The number of carbonyl (C=O) groups is 2. The van der Waals surface area contributed by atoms with E-state index in [-0.39, 0.29) is 103 Å². The van der Waals surface area contributed by atoms with E-state index in [1.54, 1.807) is 0 Å². The number of carboxylic acids is 2. The third-order valence-electron chi connectivity index (χ3n) is 5.31. The van der Waals surface area contributed by atoms with Crippen LogP contribution in [0.3, 0.4) is 0 Å². The molecule has 0 rings (SSSR count). The maximum atomic E-state index is 10.8. The van der Waals surface area contributed by atoms with Gasteiger partial charge >= 0.3 is 103 Å². The van der Waals surface area contributed by atoms with Crippen molar-refractivity contribution in [1.82, 2.24) is 0 Å². The summed E-state index contributed by atoms with van der Waals surface area (Å²) in [5.74, 6) is -3.50. The molecule has 30 heavy (non-hydrogen) atoms. The minimum absolute atomic E-state index is 0. The molecular weight excluding hydrogens is 430 g/mol. The Labute approximate surface area is 270 Å². The first-order valence-electron chi connectivity index (χ1n) is 11.6. The van der Waals surface area contributed by atoms with E-state index < -0.39 is 24.3 Å². The van der Waals surface area contributed by atoms with E-state index in [2.05, 4.69) is 19.1 Å². The van der Waals surface area contributed by atoms with Crippen molar-refractivity contribution in [3.63, 3.8) is 0 Å². The molecule has 0 aromatic rings. The number of carboxylic acid groups (broad SMARTS) is 2. The second kappa shape index (κ2) is 29.0. The second-order valence-electron chi connectivity index (χ2n) is 8.03. The van der Waals surface area contributed by atoms with Crippen LogP contribution >= 0.6 is 0 Å². The van der Waals surface area contributed by atoms with Gasteiger partial charge in [0.05, 0.1) is 0 Å². The molecule has 0 radical (unpaired) electrons. The molecule has 0 amide bonds. The Morgan fingerprint density at radius 1 is 0.667 bits per heavy atom. The Balaban J connectivity index is -0.00000364. The molecule has 0 saturated carbocycles. The molecule has 0 spiro atoms. The van der Waals surface area contributed by atoms with Crippen molar-refractivity contribution in [3.05, 3.63) is 12.2 Å². The molecule has 6 heteroatoms. The van der Waals surface area contributed by atoms with Gasteiger partial charge in [0, 0.05) is 17.9 Å². The van der Waals surface area contributed by atoms with Gasteiger partial charge in [-0.15, -0.1) is 0 Å². The van der Waals surface area contributed by atoms with Crippen molar-refractivity contribution in [1.29, 1.82) is 0 Å². The van der Waals surface area contributed by atoms with Crippen molar-refractivity contribution in [2.24, 2.45) is 5.92 Å². The fourth-order valence-corrected chi connectivity index (χ4v) is 3.50. The van der Waals surface area contributed by atoms with Gasteiger partial charge < -0.3 is 19.8 Å². The molecule has 0 saturated heterocycles. The average Bonchev–Trinajstić information content (AvgIpc) is 2.65. The van der Waals surface area contributed by atoms with Crippen LogP contribution in [-0.2, 0) is 9.59 Å². The Hall–Kier alpha value is 1.95. The summed E-state index contributed by atoms with van der Waals surface area (Å²) in [5, 5.41) is 21.3. The number of aliphatic carboxylic acids is 2. The zero-order valence-electron chi connectivity index (χ0n) is 20.1. The molecule has 0 fully saturated rings. The average molecular weight is 473 g/mol. The van der Waals surface area contributed by atoms with Gasteiger partial charge in [-0.25, -0.2) is 0 Å². The molecule has 0 heterocycles. The van der Waals surface area contributed by atoms with Crippen LogP contribution in [0.1, 0.15) is 122 Å². The second-order valence-corrected chi connectivity index (χ2v) is 8.03. The maximum absolute atomic E-state index is 10.8. The molecule has 0 aliphatic rings. The van der Waals surface area contributed by atoms with E-state index in [1.807, 2.05) is 0 Å². The van der Waals surface area contributed by atoms with Crippen LogP contribution in [0.2, 0.25) is 0 Å². The predicted octanol–water partition coefficient (Wildman–Crippen LogP) is -1.29. The molecule has 0 N–H and O–H groups in total. The van der Waals surface area contributed by atoms with Crippen LogP contribution in [0.25, 0.3) is 0 Å². The van der Waals surface area contributed by atoms with E-state index in [0.717, 1.165) is 32.1 Å². The standard InChI is InChI=1S/C24H44O4.2K/c1-2-3-4-5-6-7-8-9-10-11-12-13-14-15-16-17-18-19-20-22(24(27)28)21-23(25)26;;/h11-12,22H,2-10,13-21H2,1H3,(H,25,26)(H,27,28);;/q;2*+1/p-2/b12-11+;;. The van der Waals surface area contributed by atoms with Crippen LogP contribution in [0.15, 0.2) is 12.2 Å². The largest absolute Gasteiger partial charge is 1.00 e. The molecule has 0 bridgehead atoms. The first-order valence-corrected chi connectivity index (χ1v) is 11.6. The van der Waals surface area contributed by atoms with Crippen LogP contribution in [0, 0.1) is 5.92 Å². The molecule has 1 unspecified atom stereocenters. The minimum atomic E-state index is -1.32. The van der Waals surface area contributed by atoms with Crippen molar-refractivity contribution in [2.75, 3.05) is 0 Å². The molecular formula is C24H42K2O4. The minimum Gasteiger partial charge on any atom is -0.550 e. The summed E-state index contributed by atoms with van der Waals surface area (Å²) in [5.41, 5.74) is 0. The van der Waals surface area contributed by atoms with Crippen LogP contribution in [0.4, 0.5) is 0 Å². The molecule has 0 aromatic carbocycles. The third-order valence-corrected chi connectivity index (χ3v) is 5.31. The van der Waals surface area contributed by atoms with E-state index in [4.69, 9.17) is 0 Å². The number of hydrogen-bond donors (Lipinski definition) is 0. The summed E-state index contributed by atoms with van der Waals surface area (Å²) in [6.45, 7) is 2.26. The smallest absolute Gasteiger partial charge is 0.550 e. The first kappa shape index (κ1) is 36.5. The number of carbonyl (C=O) groups excluding carboxylic acids is 2. The summed E-state index contributed by atoms with van der Waals surface area (Å²) in [6, 6.07) is 0. The fraction of sp³-hybridized carbons (Fsp3) is 0.833. The summed E-state index contributed by atoms with van der Waals surface area (Å²) in [6.07, 6.45) is 24.2. The number of hydrogen-bond acceptors (Lipinski definition) is 4. The molecule has 1 atom stereocenters. The van der Waals surface area contributed by atoms with Crippen LogP contribution in [-0.4, -0.2) is 11.9 Å². The van der Waals surface area contributed by atoms with E-state index >= 15 is 0 Å². The van der Waals surface area contributed by atoms with Crippen LogP contribution in [0.5, 0.6) is 0 Å². The summed E-state index contributed by atoms with van der Waals surface area (Å²) in [4.78, 5) is 21.3. The Morgan fingerprint density at radius 3 is 1.47 bits per heavy atom. The third kappa shape index (κ3) is 28.0. The first-order chi connectivity index (χ1) is 13.6. The summed E-state index contributed by atoms with van der Waals surface area (Å²) >= 11 is 0. The monoisotopic (exact) mass is 472 g/mol. The normalized spacial score (nSPS) is 11.6. The van der Waals surface area contributed by atoms with Gasteiger partial charge in [-0.05, 0) is 38.5 Å². The van der Waals surface area contributed by atoms with Crippen molar-refractivity contribution >= 4 is 11.9 Å². The number of unbranched alkanes of at least 4 members (excludes halogenated alkanes) is 14. The van der Waals surface area contributed by atoms with Crippen molar-refractivity contribution < 1.29 is 123 Å². The summed E-state index contributed by atoms with van der Waals surface area (Å²) in [7, 11) is 0. The maximum Gasteiger partial charge on any atom is 1.00 e. The predicted molar refractivity (Wildman–Crippen MR) is 111 cm³/mol. The van der Waals surface area contributed by atoms with E-state index in [0.29, 0.717) is 6.42 Å². The number of rotatable bonds is 21. The van der Waals surface area contributed by atoms with Gasteiger partial charge in [0.15, 0.2) is 0 Å². The van der Waals surface area contributed by atoms with Gasteiger partial charge in [0.2, 0.25) is 0 Å². The Kier molecular flexibility index (Phi) is 35.3. The Morgan fingerprint density at radius 2 is 1.07 bits per heavy atom. The van der Waals surface area contributed by atoms with Gasteiger partial charge in [0.25, 0.3) is 0 Å². The topological polar surface area (TPSA) is 80.3 Å². The van der Waals surface area contributed by atoms with E-state index in [9.17, 15) is 19.8 Å². The number of allylic oxidation sites excluding steroid dienone is 2. The SMILES string of the molecule is CCCCCCCCCC/C=C/CCCCCCCCC(CC(=O)[O-])C(=O)[O-].[K+].[K+]. The van der Waals surface area contributed by atoms with E-state index in [1.165, 1.54) is 70.6 Å². The van der Waals surface area contributed by atoms with Gasteiger partial charge in [-0.2, -0.15) is 0 Å². The van der Waals surface area contributed by atoms with Gasteiger partial charge in [-0.1, -0.05) is 96.1 Å². The molecule has 0 aromatic heterocycles. The molecule has 0 aliphatic heterocycles. The van der Waals surface area contributed by atoms with Gasteiger partial charge in [0.1, 0.15) is 0 Å². The zero-order chi connectivity index (χ0) is 20.9. The quantitative estimate of drug-likeness (QED) is 0.118. The molecule has 4 nitrogen and oxygen atoms in total. The van der Waals surface area contributed by atoms with Crippen LogP contribution < -0.4 is 113 Å². The summed E-state index contributed by atoms with van der Waals surface area (Å²) < 4.78 is 0. The molecule has 164 valence electrons. The Bertz CT molecular complexity index is 414.